The van der Waals surface area contributed by atoms with Gasteiger partial charge in [-0.15, -0.1) is 0 Å². The fourth-order valence-corrected chi connectivity index (χ4v) is 6.01. The number of fused-ring (bicyclic) bond motifs is 3. The first-order chi connectivity index (χ1) is 17.5. The number of benzene rings is 2. The predicted molar refractivity (Wildman–Crippen MR) is 150 cm³/mol. The first-order valence-corrected chi connectivity index (χ1v) is 13.9. The van der Waals surface area contributed by atoms with Gasteiger partial charge in [-0.05, 0) is 72.6 Å². The fourth-order valence-electron chi connectivity index (χ4n) is 5.66. The summed E-state index contributed by atoms with van der Waals surface area (Å²) in [6.45, 7) is 3.02. The third-order valence-corrected chi connectivity index (χ3v) is 7.65. The van der Waals surface area contributed by atoms with E-state index in [9.17, 15) is 9.90 Å². The van der Waals surface area contributed by atoms with Gasteiger partial charge in [-0.25, -0.2) is 4.79 Å². The van der Waals surface area contributed by atoms with Crippen LogP contribution in [0.5, 0.6) is 0 Å². The number of hydrogen-bond acceptors (Lipinski definition) is 8. The van der Waals surface area contributed by atoms with E-state index in [0.29, 0.717) is 30.6 Å². The largest absolute Gasteiger partial charge is 5.00 e. The van der Waals surface area contributed by atoms with Gasteiger partial charge < -0.3 is 50.5 Å². The fraction of sp³-hybridized carbons (Fsp3) is 0.500. The Bertz CT molecular complexity index is 1130. The van der Waals surface area contributed by atoms with Crippen LogP contribution in [0.4, 0.5) is 0 Å². The van der Waals surface area contributed by atoms with Crippen LogP contribution in [0.1, 0.15) is 31.2 Å². The zero-order valence-electron chi connectivity index (χ0n) is 21.6. The van der Waals surface area contributed by atoms with Crippen molar-refractivity contribution in [3.63, 3.8) is 0 Å². The molecular weight excluding hydrogens is 604 g/mol. The van der Waals surface area contributed by atoms with Gasteiger partial charge in [-0.3, -0.25) is 4.90 Å². The van der Waals surface area contributed by atoms with E-state index in [-0.39, 0.29) is 50.0 Å². The Labute approximate surface area is 250 Å². The van der Waals surface area contributed by atoms with E-state index in [1.165, 1.54) is 17.9 Å². The molecule has 2 aromatic carbocycles. The van der Waals surface area contributed by atoms with E-state index in [0.717, 1.165) is 55.5 Å². The summed E-state index contributed by atoms with van der Waals surface area (Å²) < 4.78 is 5.28. The third-order valence-electron chi connectivity index (χ3n) is 7.28. The predicted octanol–water partition coefficient (Wildman–Crippen LogP) is 2.43. The second-order valence-corrected chi connectivity index (χ2v) is 10.3. The van der Waals surface area contributed by atoms with Crippen LogP contribution in [0, 0.1) is 0 Å². The standard InChI is InChI=1S/C28H37N3O3S2.O.Tc/c1-34-28(33)27-24(22-8-7-20-5-2-3-6-21(20)17-22)18-23-9-10-25(27)31(23)13-4-12-30(14-16-36)19-26(32)29-11-15-35;;/h2-3,5-8,17,23,25,35-36H,4,9-16,18-19H2,1H3,(H,29,32);;/q;-2;+5/p-3/t23?,25-;;/m1../s1. The maximum absolute atomic E-state index is 13.0. The summed E-state index contributed by atoms with van der Waals surface area (Å²) in [4.78, 5) is 21.6. The third kappa shape index (κ3) is 7.84. The van der Waals surface area contributed by atoms with Gasteiger partial charge in [-0.2, -0.15) is 11.5 Å². The summed E-state index contributed by atoms with van der Waals surface area (Å²) in [5.74, 6) is 0.683. The zero-order valence-corrected chi connectivity index (χ0v) is 25.1. The van der Waals surface area contributed by atoms with Crippen LogP contribution < -0.4 is 5.11 Å². The van der Waals surface area contributed by atoms with Crippen LogP contribution >= 0.6 is 0 Å². The van der Waals surface area contributed by atoms with Crippen molar-refractivity contribution in [2.24, 2.45) is 4.99 Å². The van der Waals surface area contributed by atoms with Gasteiger partial charge in [0, 0.05) is 31.7 Å². The van der Waals surface area contributed by atoms with Crippen LogP contribution in [0.15, 0.2) is 53.0 Å². The van der Waals surface area contributed by atoms with Gasteiger partial charge in [0.25, 0.3) is 0 Å². The maximum Gasteiger partial charge on any atom is 5.00 e. The Morgan fingerprint density at radius 3 is 2.61 bits per heavy atom. The molecule has 0 aromatic heterocycles. The SMILES string of the molecule is COC(=O)C1=C(c2ccc3ccccc3c2)CC2CC[C@H]1N2CCCN(CC[S-])CC([O-])=NCC[S-].[O-2].[Tc+5]. The van der Waals surface area contributed by atoms with Gasteiger partial charge >= 0.3 is 26.1 Å². The summed E-state index contributed by atoms with van der Waals surface area (Å²) in [5.41, 5.74) is 3.04. The van der Waals surface area contributed by atoms with Crippen molar-refractivity contribution < 1.29 is 40.2 Å². The number of ether oxygens (including phenoxy) is 1. The van der Waals surface area contributed by atoms with Crippen molar-refractivity contribution in [3.8, 4) is 0 Å². The van der Waals surface area contributed by atoms with Crippen molar-refractivity contribution in [2.45, 2.75) is 37.8 Å². The van der Waals surface area contributed by atoms with Crippen molar-refractivity contribution in [3.05, 3.63) is 53.6 Å². The molecule has 204 valence electrons. The number of carbonyl (C=O) groups is 1. The van der Waals surface area contributed by atoms with Gasteiger partial charge in [-0.1, -0.05) is 36.4 Å². The van der Waals surface area contributed by atoms with E-state index < -0.39 is 0 Å². The number of rotatable bonds is 12. The Balaban J connectivity index is 0.00000253. The average Bonchev–Trinajstić information content (AvgIpc) is 3.17. The van der Waals surface area contributed by atoms with E-state index in [1.54, 1.807) is 0 Å². The molecule has 0 radical (unpaired) electrons. The molecule has 1 saturated heterocycles. The van der Waals surface area contributed by atoms with Gasteiger partial charge in [0.1, 0.15) is 0 Å². The van der Waals surface area contributed by atoms with E-state index >= 15 is 0 Å². The summed E-state index contributed by atoms with van der Waals surface area (Å²) in [7, 11) is 1.47. The number of nitrogens with zero attached hydrogens (tertiary/aromatic N) is 3. The minimum atomic E-state index is -0.227. The van der Waals surface area contributed by atoms with Crippen LogP contribution in [0.3, 0.4) is 0 Å². The van der Waals surface area contributed by atoms with Crippen molar-refractivity contribution in [1.29, 1.82) is 0 Å². The number of aliphatic imine (C=N–C) groups is 1. The molecule has 0 saturated carbocycles. The summed E-state index contributed by atoms with van der Waals surface area (Å²) >= 11 is 10.1. The molecule has 2 aliphatic heterocycles. The monoisotopic (exact) mass is 637 g/mol. The van der Waals surface area contributed by atoms with Crippen molar-refractivity contribution in [2.75, 3.05) is 51.3 Å². The molecule has 0 spiro atoms. The van der Waals surface area contributed by atoms with E-state index in [2.05, 4.69) is 45.1 Å². The molecule has 0 aliphatic carbocycles. The van der Waals surface area contributed by atoms with Crippen LogP contribution in [0.2, 0.25) is 0 Å². The summed E-state index contributed by atoms with van der Waals surface area (Å²) in [6, 6.07) is 15.2. The molecular formula is C28H34N3O4S2Tc. The second kappa shape index (κ2) is 16.0. The van der Waals surface area contributed by atoms with Crippen LogP contribution in [0.25, 0.3) is 16.3 Å². The summed E-state index contributed by atoms with van der Waals surface area (Å²) in [5, 5.41) is 14.5. The van der Waals surface area contributed by atoms with E-state index in [4.69, 9.17) is 30.0 Å². The Morgan fingerprint density at radius 2 is 1.89 bits per heavy atom. The van der Waals surface area contributed by atoms with Gasteiger partial charge in [0.05, 0.1) is 12.7 Å². The van der Waals surface area contributed by atoms with Crippen molar-refractivity contribution >= 4 is 53.5 Å². The summed E-state index contributed by atoms with van der Waals surface area (Å²) in [6.07, 6.45) is 3.76. The molecule has 0 N–H and O–H groups in total. The molecule has 38 heavy (non-hydrogen) atoms. The molecule has 10 heteroatoms. The van der Waals surface area contributed by atoms with Crippen LogP contribution in [-0.2, 0) is 60.4 Å². The Kier molecular flexibility index (Phi) is 13.8. The van der Waals surface area contributed by atoms with Crippen LogP contribution in [-0.4, -0.2) is 85.1 Å². The number of hydrogen-bond donors (Lipinski definition) is 0. The molecule has 4 rings (SSSR count). The molecule has 1 fully saturated rings. The molecule has 2 heterocycles. The molecule has 2 aliphatic rings. The number of methoxy groups -OCH3 is 1. The van der Waals surface area contributed by atoms with Gasteiger partial charge in [0.15, 0.2) is 0 Å². The first-order valence-electron chi connectivity index (χ1n) is 12.7. The number of carbonyl (C=O) groups excluding carboxylic acids is 1. The minimum absolute atomic E-state index is 0. The number of esters is 1. The average molecular weight is 639 g/mol. The molecule has 1 unspecified atom stereocenters. The molecule has 2 aromatic rings. The Hall–Kier alpha value is -1.39. The minimum Gasteiger partial charge on any atom is -2.00 e. The normalized spacial score (nSPS) is 19.4. The maximum atomic E-state index is 13.0. The van der Waals surface area contributed by atoms with Crippen molar-refractivity contribution in [1.82, 2.24) is 9.80 Å². The molecule has 7 nitrogen and oxygen atoms in total. The Morgan fingerprint density at radius 1 is 1.13 bits per heavy atom. The molecule has 0 amide bonds. The zero-order chi connectivity index (χ0) is 25.5. The first kappa shape index (κ1) is 32.8. The van der Waals surface area contributed by atoms with Gasteiger partial charge in [0.2, 0.25) is 0 Å². The molecule has 2 atom stereocenters. The second-order valence-electron chi connectivity index (χ2n) is 9.45. The topological polar surface area (TPSA) is 96.7 Å². The molecule has 2 bridgehead atoms. The quantitative estimate of drug-likeness (QED) is 0.153. The smallest absolute Gasteiger partial charge is 2.00 e. The van der Waals surface area contributed by atoms with E-state index in [1.807, 2.05) is 12.1 Å².